The van der Waals surface area contributed by atoms with Gasteiger partial charge in [-0.25, -0.2) is 0 Å². The van der Waals surface area contributed by atoms with E-state index in [1.54, 1.807) is 11.3 Å². The van der Waals surface area contributed by atoms with Gasteiger partial charge in [0.25, 0.3) is 0 Å². The van der Waals surface area contributed by atoms with Crippen LogP contribution < -0.4 is 5.32 Å². The summed E-state index contributed by atoms with van der Waals surface area (Å²) in [7, 11) is 0. The van der Waals surface area contributed by atoms with Crippen molar-refractivity contribution in [2.45, 2.75) is 57.2 Å². The van der Waals surface area contributed by atoms with Crippen molar-refractivity contribution < 1.29 is 4.79 Å². The zero-order valence-electron chi connectivity index (χ0n) is 11.5. The molecule has 1 aliphatic carbocycles. The van der Waals surface area contributed by atoms with Crippen molar-refractivity contribution in [1.82, 2.24) is 10.2 Å². The molecule has 1 saturated heterocycles. The second-order valence-electron chi connectivity index (χ2n) is 5.76. The van der Waals surface area contributed by atoms with Gasteiger partial charge in [0, 0.05) is 12.6 Å². The summed E-state index contributed by atoms with van der Waals surface area (Å²) in [6.45, 7) is 3.90. The van der Waals surface area contributed by atoms with Crippen LogP contribution in [0.3, 0.4) is 0 Å². The number of hydrogen-bond donors (Lipinski definition) is 1. The molecule has 1 atom stereocenters. The Labute approximate surface area is 119 Å². The van der Waals surface area contributed by atoms with Gasteiger partial charge < -0.3 is 10.2 Å². The highest BCUT2D eigenvalue weighted by molar-refractivity contribution is 7.07. The number of nitrogens with one attached hydrogen (secondary N) is 1. The summed E-state index contributed by atoms with van der Waals surface area (Å²) in [4.78, 5) is 15.1. The van der Waals surface area contributed by atoms with Crippen molar-refractivity contribution in [1.29, 1.82) is 0 Å². The minimum atomic E-state index is -0.279. The monoisotopic (exact) mass is 278 g/mol. The Kier molecular flexibility index (Phi) is 3.63. The molecule has 0 bridgehead atoms. The van der Waals surface area contributed by atoms with E-state index in [4.69, 9.17) is 0 Å². The minimum absolute atomic E-state index is 0.279. The van der Waals surface area contributed by atoms with Crippen molar-refractivity contribution >= 4 is 17.2 Å². The number of carbonyl (C=O) groups is 1. The molecule has 2 fully saturated rings. The van der Waals surface area contributed by atoms with E-state index < -0.39 is 0 Å². The van der Waals surface area contributed by atoms with Crippen LogP contribution in [0.2, 0.25) is 0 Å². The van der Waals surface area contributed by atoms with E-state index >= 15 is 0 Å². The number of rotatable bonds is 5. The number of thiophene rings is 1. The molecule has 104 valence electrons. The molecular formula is C15H22N2OS. The fraction of sp³-hybridized carbons (Fsp3) is 0.667. The SMILES string of the molecule is CCC1(C(=O)N(Cc2ccsc2)C2CC2)CCCN1. The van der Waals surface area contributed by atoms with Crippen LogP contribution in [0.1, 0.15) is 44.6 Å². The third-order valence-electron chi connectivity index (χ3n) is 4.44. The first kappa shape index (κ1) is 13.1. The molecule has 2 aliphatic rings. The zero-order valence-corrected chi connectivity index (χ0v) is 12.3. The molecule has 1 aromatic heterocycles. The lowest BCUT2D eigenvalue weighted by atomic mass is 9.92. The van der Waals surface area contributed by atoms with Crippen molar-refractivity contribution in [2.24, 2.45) is 0 Å². The van der Waals surface area contributed by atoms with Crippen LogP contribution in [0.25, 0.3) is 0 Å². The normalized spacial score (nSPS) is 26.6. The molecule has 1 aromatic rings. The maximum atomic E-state index is 13.0. The summed E-state index contributed by atoms with van der Waals surface area (Å²) in [6, 6.07) is 2.62. The van der Waals surface area contributed by atoms with Crippen molar-refractivity contribution in [3.8, 4) is 0 Å². The van der Waals surface area contributed by atoms with Gasteiger partial charge in [0.15, 0.2) is 0 Å². The molecule has 1 amide bonds. The Bertz CT molecular complexity index is 433. The van der Waals surface area contributed by atoms with Gasteiger partial charge in [-0.15, -0.1) is 0 Å². The van der Waals surface area contributed by atoms with Gasteiger partial charge in [-0.05, 0) is 61.0 Å². The first-order valence-electron chi connectivity index (χ1n) is 7.32. The number of nitrogens with zero attached hydrogens (tertiary/aromatic N) is 1. The van der Waals surface area contributed by atoms with Crippen molar-refractivity contribution in [2.75, 3.05) is 6.54 Å². The fourth-order valence-corrected chi connectivity index (χ4v) is 3.71. The number of amides is 1. The smallest absolute Gasteiger partial charge is 0.243 e. The summed E-state index contributed by atoms with van der Waals surface area (Å²) in [5.41, 5.74) is 0.994. The van der Waals surface area contributed by atoms with E-state index in [0.717, 1.165) is 32.4 Å². The number of carbonyl (C=O) groups excluding carboxylic acids is 1. The molecule has 1 N–H and O–H groups in total. The lowest BCUT2D eigenvalue weighted by molar-refractivity contribution is -0.139. The Morgan fingerprint density at radius 2 is 2.42 bits per heavy atom. The molecule has 3 nitrogen and oxygen atoms in total. The summed E-state index contributed by atoms with van der Waals surface area (Å²) in [6.07, 6.45) is 5.37. The first-order chi connectivity index (χ1) is 9.25. The van der Waals surface area contributed by atoms with Crippen LogP contribution in [0.15, 0.2) is 16.8 Å². The molecule has 1 unspecified atom stereocenters. The van der Waals surface area contributed by atoms with Gasteiger partial charge in [-0.2, -0.15) is 11.3 Å². The standard InChI is InChI=1S/C15H22N2OS/c1-2-15(7-3-8-16-15)14(18)17(13-4-5-13)10-12-6-9-19-11-12/h6,9,11,13,16H,2-5,7-8,10H2,1H3. The lowest BCUT2D eigenvalue weighted by Crippen LogP contribution is -2.54. The average Bonchev–Trinajstić information content (AvgIpc) is 2.96. The third-order valence-corrected chi connectivity index (χ3v) is 5.17. The molecule has 19 heavy (non-hydrogen) atoms. The topological polar surface area (TPSA) is 32.3 Å². The maximum absolute atomic E-state index is 13.0. The van der Waals surface area contributed by atoms with Gasteiger partial charge >= 0.3 is 0 Å². The highest BCUT2D eigenvalue weighted by Crippen LogP contribution is 2.34. The van der Waals surface area contributed by atoms with Crippen LogP contribution in [0.4, 0.5) is 0 Å². The minimum Gasteiger partial charge on any atom is -0.334 e. The summed E-state index contributed by atoms with van der Waals surface area (Å²) in [5.74, 6) is 0.334. The van der Waals surface area contributed by atoms with Gasteiger partial charge in [0.2, 0.25) is 5.91 Å². The van der Waals surface area contributed by atoms with Crippen LogP contribution in [-0.4, -0.2) is 28.9 Å². The molecule has 0 radical (unpaired) electrons. The predicted octanol–water partition coefficient (Wildman–Crippen LogP) is 2.77. The quantitative estimate of drug-likeness (QED) is 0.898. The molecule has 1 aliphatic heterocycles. The van der Waals surface area contributed by atoms with Gasteiger partial charge in [0.1, 0.15) is 0 Å². The first-order valence-corrected chi connectivity index (χ1v) is 8.26. The van der Waals surface area contributed by atoms with E-state index in [9.17, 15) is 4.79 Å². The summed E-state index contributed by atoms with van der Waals surface area (Å²) < 4.78 is 0. The van der Waals surface area contributed by atoms with Crippen molar-refractivity contribution in [3.05, 3.63) is 22.4 Å². The van der Waals surface area contributed by atoms with Crippen LogP contribution in [0.5, 0.6) is 0 Å². The Morgan fingerprint density at radius 1 is 1.58 bits per heavy atom. The molecule has 3 rings (SSSR count). The van der Waals surface area contributed by atoms with E-state index in [2.05, 4.69) is 34.0 Å². The second-order valence-corrected chi connectivity index (χ2v) is 6.54. The predicted molar refractivity (Wildman–Crippen MR) is 78.1 cm³/mol. The highest BCUT2D eigenvalue weighted by Gasteiger charge is 2.45. The molecular weight excluding hydrogens is 256 g/mol. The van der Waals surface area contributed by atoms with Gasteiger partial charge in [-0.1, -0.05) is 6.92 Å². The number of hydrogen-bond acceptors (Lipinski definition) is 3. The molecule has 4 heteroatoms. The van der Waals surface area contributed by atoms with E-state index in [0.29, 0.717) is 11.9 Å². The Hall–Kier alpha value is -0.870. The van der Waals surface area contributed by atoms with Gasteiger partial charge in [0.05, 0.1) is 5.54 Å². The van der Waals surface area contributed by atoms with Crippen molar-refractivity contribution in [3.63, 3.8) is 0 Å². The molecule has 2 heterocycles. The van der Waals surface area contributed by atoms with Gasteiger partial charge in [-0.3, -0.25) is 4.79 Å². The lowest BCUT2D eigenvalue weighted by Gasteiger charge is -2.34. The molecule has 1 saturated carbocycles. The van der Waals surface area contributed by atoms with E-state index in [1.807, 2.05) is 0 Å². The second kappa shape index (κ2) is 5.25. The molecule has 0 aromatic carbocycles. The maximum Gasteiger partial charge on any atom is 0.243 e. The van der Waals surface area contributed by atoms with Crippen LogP contribution >= 0.6 is 11.3 Å². The third kappa shape index (κ3) is 2.56. The summed E-state index contributed by atoms with van der Waals surface area (Å²) in [5, 5.41) is 7.72. The zero-order chi connectivity index (χ0) is 13.3. The summed E-state index contributed by atoms with van der Waals surface area (Å²) >= 11 is 1.71. The van der Waals surface area contributed by atoms with Crippen LogP contribution in [0, 0.1) is 0 Å². The largest absolute Gasteiger partial charge is 0.334 e. The average molecular weight is 278 g/mol. The van der Waals surface area contributed by atoms with E-state index in [-0.39, 0.29) is 5.54 Å². The van der Waals surface area contributed by atoms with Crippen LogP contribution in [-0.2, 0) is 11.3 Å². The highest BCUT2D eigenvalue weighted by atomic mass is 32.1. The fourth-order valence-electron chi connectivity index (χ4n) is 3.05. The Morgan fingerprint density at radius 3 is 2.95 bits per heavy atom. The molecule has 0 spiro atoms. The Balaban J connectivity index is 1.77. The van der Waals surface area contributed by atoms with E-state index in [1.165, 1.54) is 18.4 Å².